The summed E-state index contributed by atoms with van der Waals surface area (Å²) in [4.78, 5) is 22.4. The van der Waals surface area contributed by atoms with Gasteiger partial charge in [0.1, 0.15) is 6.10 Å². The van der Waals surface area contributed by atoms with Crippen LogP contribution in [0.4, 0.5) is 0 Å². The molecule has 1 unspecified atom stereocenters. The van der Waals surface area contributed by atoms with Crippen LogP contribution < -0.4 is 9.47 Å². The van der Waals surface area contributed by atoms with E-state index < -0.39 is 0 Å². The molecule has 1 aliphatic heterocycles. The van der Waals surface area contributed by atoms with Gasteiger partial charge in [-0.2, -0.15) is 0 Å². The molecule has 3 rings (SSSR count). The maximum absolute atomic E-state index is 12.4. The van der Waals surface area contributed by atoms with E-state index in [-0.39, 0.29) is 12.0 Å². The highest BCUT2D eigenvalue weighted by Gasteiger charge is 2.29. The molecule has 7 heteroatoms. The lowest BCUT2D eigenvalue weighted by molar-refractivity contribution is -0.129. The molecule has 0 N–H and O–H groups in total. The van der Waals surface area contributed by atoms with Crippen molar-refractivity contribution < 1.29 is 14.3 Å². The van der Waals surface area contributed by atoms with Crippen LogP contribution in [0.1, 0.15) is 12.0 Å². The fourth-order valence-electron chi connectivity index (χ4n) is 2.66. The molecule has 6 nitrogen and oxygen atoms in total. The first kappa shape index (κ1) is 16.5. The third kappa shape index (κ3) is 3.76. The van der Waals surface area contributed by atoms with Crippen LogP contribution in [0.25, 0.3) is 0 Å². The number of halogens is 1. The maximum Gasteiger partial charge on any atom is 0.278 e. The second kappa shape index (κ2) is 7.49. The molecule has 1 aliphatic rings. The van der Waals surface area contributed by atoms with Gasteiger partial charge in [0.15, 0.2) is 0 Å². The molecule has 1 amide bonds. The summed E-state index contributed by atoms with van der Waals surface area (Å²) in [6.07, 6.45) is 4.01. The number of carbonyl (C=O) groups excluding carboxylic acids is 1. The Hall–Kier alpha value is -2.34. The van der Waals surface area contributed by atoms with E-state index in [0.717, 1.165) is 12.0 Å². The highest BCUT2D eigenvalue weighted by Crippen LogP contribution is 2.24. The average molecular weight is 348 g/mol. The van der Waals surface area contributed by atoms with Crippen LogP contribution in [-0.2, 0) is 11.2 Å². The van der Waals surface area contributed by atoms with Crippen LogP contribution in [0, 0.1) is 0 Å². The van der Waals surface area contributed by atoms with Crippen molar-refractivity contribution in [3.05, 3.63) is 47.2 Å². The van der Waals surface area contributed by atoms with Crippen molar-refractivity contribution in [2.24, 2.45) is 0 Å². The highest BCUT2D eigenvalue weighted by atomic mass is 35.5. The molecule has 2 aromatic rings. The Labute approximate surface area is 145 Å². The molecule has 1 aromatic carbocycles. The summed E-state index contributed by atoms with van der Waals surface area (Å²) in [7, 11) is 1.52. The highest BCUT2D eigenvalue weighted by molar-refractivity contribution is 6.31. The maximum atomic E-state index is 12.4. The van der Waals surface area contributed by atoms with Crippen molar-refractivity contribution in [3.63, 3.8) is 0 Å². The van der Waals surface area contributed by atoms with Crippen LogP contribution in [0.15, 0.2) is 36.7 Å². The summed E-state index contributed by atoms with van der Waals surface area (Å²) in [6, 6.07) is 7.39. The lowest BCUT2D eigenvalue weighted by Gasteiger charge is -2.17. The predicted octanol–water partition coefficient (Wildman–Crippen LogP) is 2.36. The molecule has 0 bridgehead atoms. The van der Waals surface area contributed by atoms with E-state index in [4.69, 9.17) is 21.1 Å². The van der Waals surface area contributed by atoms with Crippen LogP contribution >= 0.6 is 11.6 Å². The summed E-state index contributed by atoms with van der Waals surface area (Å²) in [6.45, 7) is 1.17. The molecular weight excluding hydrogens is 330 g/mol. The Morgan fingerprint density at radius 2 is 2.04 bits per heavy atom. The molecule has 24 heavy (non-hydrogen) atoms. The van der Waals surface area contributed by atoms with Gasteiger partial charge in [-0.15, -0.1) is 0 Å². The van der Waals surface area contributed by atoms with Crippen LogP contribution in [-0.4, -0.2) is 47.1 Å². The molecule has 0 radical (unpaired) electrons. The number of amides is 1. The van der Waals surface area contributed by atoms with E-state index >= 15 is 0 Å². The molecule has 0 saturated carbocycles. The van der Waals surface area contributed by atoms with Crippen molar-refractivity contribution in [1.82, 2.24) is 14.9 Å². The molecule has 1 atom stereocenters. The van der Waals surface area contributed by atoms with E-state index in [1.165, 1.54) is 7.11 Å². The zero-order valence-electron chi connectivity index (χ0n) is 13.3. The van der Waals surface area contributed by atoms with Gasteiger partial charge in [-0.3, -0.25) is 4.79 Å². The fourth-order valence-corrected chi connectivity index (χ4v) is 2.86. The number of aromatic nitrogens is 2. The number of rotatable bonds is 5. The average Bonchev–Trinajstić information content (AvgIpc) is 3.06. The number of ether oxygens (including phenoxy) is 2. The molecule has 126 valence electrons. The normalized spacial score (nSPS) is 16.9. The lowest BCUT2D eigenvalue weighted by atomic mass is 10.1. The van der Waals surface area contributed by atoms with Gasteiger partial charge >= 0.3 is 0 Å². The SMILES string of the molecule is COc1nccnc1OC1CCN(C(=O)Cc2ccccc2Cl)C1. The molecule has 1 fully saturated rings. The number of hydrogen-bond acceptors (Lipinski definition) is 5. The summed E-state index contributed by atoms with van der Waals surface area (Å²) < 4.78 is 11.0. The Morgan fingerprint density at radius 3 is 2.79 bits per heavy atom. The van der Waals surface area contributed by atoms with Crippen molar-refractivity contribution in [3.8, 4) is 11.8 Å². The number of carbonyl (C=O) groups is 1. The minimum absolute atomic E-state index is 0.0420. The van der Waals surface area contributed by atoms with E-state index in [9.17, 15) is 4.79 Å². The topological polar surface area (TPSA) is 64.6 Å². The second-order valence-electron chi connectivity index (χ2n) is 5.51. The van der Waals surface area contributed by atoms with E-state index in [2.05, 4.69) is 9.97 Å². The lowest BCUT2D eigenvalue weighted by Crippen LogP contribution is -2.32. The van der Waals surface area contributed by atoms with Crippen LogP contribution in [0.2, 0.25) is 5.02 Å². The molecule has 1 saturated heterocycles. The van der Waals surface area contributed by atoms with Gasteiger partial charge in [-0.1, -0.05) is 29.8 Å². The molecule has 1 aromatic heterocycles. The van der Waals surface area contributed by atoms with E-state index in [0.29, 0.717) is 36.3 Å². The number of likely N-dealkylation sites (tertiary alicyclic amines) is 1. The standard InChI is InChI=1S/C17H18ClN3O3/c1-23-16-17(20-8-7-19-16)24-13-6-9-21(11-13)15(22)10-12-4-2-3-5-14(12)18/h2-5,7-8,13H,6,9-11H2,1H3. The molecule has 2 heterocycles. The van der Waals surface area contributed by atoms with Gasteiger partial charge in [0.05, 0.1) is 20.1 Å². The third-order valence-electron chi connectivity index (χ3n) is 3.90. The fraction of sp³-hybridized carbons (Fsp3) is 0.353. The van der Waals surface area contributed by atoms with Gasteiger partial charge < -0.3 is 14.4 Å². The van der Waals surface area contributed by atoms with E-state index in [1.54, 1.807) is 23.4 Å². The van der Waals surface area contributed by atoms with E-state index in [1.807, 2.05) is 18.2 Å². The van der Waals surface area contributed by atoms with Crippen molar-refractivity contribution in [2.45, 2.75) is 18.9 Å². The first-order valence-corrected chi connectivity index (χ1v) is 8.08. The minimum Gasteiger partial charge on any atom is -0.477 e. The predicted molar refractivity (Wildman–Crippen MR) is 89.4 cm³/mol. The van der Waals surface area contributed by atoms with Crippen LogP contribution in [0.5, 0.6) is 11.8 Å². The molecule has 0 spiro atoms. The summed E-state index contributed by atoms with van der Waals surface area (Å²) in [5.74, 6) is 0.740. The largest absolute Gasteiger partial charge is 0.477 e. The first-order valence-electron chi connectivity index (χ1n) is 7.70. The Morgan fingerprint density at radius 1 is 1.29 bits per heavy atom. The summed E-state index contributed by atoms with van der Waals surface area (Å²) in [5, 5.41) is 0.613. The Bertz CT molecular complexity index is 726. The number of hydrogen-bond donors (Lipinski definition) is 0. The van der Waals surface area contributed by atoms with Crippen molar-refractivity contribution in [2.75, 3.05) is 20.2 Å². The smallest absolute Gasteiger partial charge is 0.278 e. The Kier molecular flexibility index (Phi) is 5.15. The van der Waals surface area contributed by atoms with Gasteiger partial charge in [0, 0.05) is 30.4 Å². The minimum atomic E-state index is -0.120. The monoisotopic (exact) mass is 347 g/mol. The first-order chi connectivity index (χ1) is 11.7. The number of nitrogens with zero attached hydrogens (tertiary/aromatic N) is 3. The summed E-state index contributed by atoms with van der Waals surface area (Å²) >= 11 is 6.12. The van der Waals surface area contributed by atoms with Gasteiger partial charge in [-0.05, 0) is 11.6 Å². The van der Waals surface area contributed by atoms with Crippen molar-refractivity contribution in [1.29, 1.82) is 0 Å². The zero-order chi connectivity index (χ0) is 16.9. The number of benzene rings is 1. The van der Waals surface area contributed by atoms with Gasteiger partial charge in [-0.25, -0.2) is 9.97 Å². The quantitative estimate of drug-likeness (QED) is 0.830. The van der Waals surface area contributed by atoms with Gasteiger partial charge in [0.2, 0.25) is 5.91 Å². The number of methoxy groups -OCH3 is 1. The summed E-state index contributed by atoms with van der Waals surface area (Å²) in [5.41, 5.74) is 0.837. The third-order valence-corrected chi connectivity index (χ3v) is 4.27. The Balaban J connectivity index is 1.59. The second-order valence-corrected chi connectivity index (χ2v) is 5.91. The molecule has 0 aliphatic carbocycles. The zero-order valence-corrected chi connectivity index (χ0v) is 14.1. The van der Waals surface area contributed by atoms with Crippen LogP contribution in [0.3, 0.4) is 0 Å². The molecular formula is C17H18ClN3O3. The van der Waals surface area contributed by atoms with Crippen molar-refractivity contribution >= 4 is 17.5 Å². The van der Waals surface area contributed by atoms with Gasteiger partial charge in [0.25, 0.3) is 11.8 Å².